The summed E-state index contributed by atoms with van der Waals surface area (Å²) in [6, 6.07) is 1.13. The van der Waals surface area contributed by atoms with Gasteiger partial charge in [0, 0.05) is 25.4 Å². The molecule has 1 aromatic rings. The lowest BCUT2D eigenvalue weighted by Gasteiger charge is -2.21. The summed E-state index contributed by atoms with van der Waals surface area (Å²) in [6.07, 6.45) is 1.21. The first kappa shape index (κ1) is 19.9. The van der Waals surface area contributed by atoms with Crippen LogP contribution in [0.3, 0.4) is 0 Å². The summed E-state index contributed by atoms with van der Waals surface area (Å²) >= 11 is 0. The minimum absolute atomic E-state index is 0. The monoisotopic (exact) mass is 334 g/mol. The molecule has 0 saturated carbocycles. The molecule has 0 bridgehead atoms. The Kier molecular flexibility index (Phi) is 8.80. The third-order valence-electron chi connectivity index (χ3n) is 2.58. The highest BCUT2D eigenvalue weighted by Crippen LogP contribution is 1.94. The summed E-state index contributed by atoms with van der Waals surface area (Å²) in [5.74, 6) is -1.02. The van der Waals surface area contributed by atoms with Gasteiger partial charge < -0.3 is 15.4 Å². The van der Waals surface area contributed by atoms with E-state index < -0.39 is 23.1 Å². The maximum atomic E-state index is 12.1. The number of aromatic nitrogens is 2. The van der Waals surface area contributed by atoms with Crippen molar-refractivity contribution in [2.24, 2.45) is 5.73 Å². The van der Waals surface area contributed by atoms with Gasteiger partial charge in [-0.1, -0.05) is 0 Å². The molecular weight excluding hydrogens is 316 g/mol. The van der Waals surface area contributed by atoms with E-state index in [1.165, 1.54) is 11.1 Å². The number of hydrogen-bond donors (Lipinski definition) is 2. The first-order valence-electron chi connectivity index (χ1n) is 6.41. The summed E-state index contributed by atoms with van der Waals surface area (Å²) in [6.45, 7) is 1.67. The van der Waals surface area contributed by atoms with Gasteiger partial charge in [0.05, 0.1) is 6.61 Å². The Balaban J connectivity index is 0.00000441. The number of carbonyl (C=O) groups excluding carboxylic acids is 2. The fraction of sp³-hybridized carbons (Fsp3) is 0.500. The van der Waals surface area contributed by atoms with Crippen LogP contribution in [0.15, 0.2) is 21.9 Å². The highest BCUT2D eigenvalue weighted by molar-refractivity contribution is 5.85. The van der Waals surface area contributed by atoms with Crippen molar-refractivity contribution < 1.29 is 14.3 Å². The molecule has 0 aromatic carbocycles. The lowest BCUT2D eigenvalue weighted by atomic mass is 10.4. The van der Waals surface area contributed by atoms with E-state index in [4.69, 9.17) is 10.5 Å². The molecule has 0 saturated heterocycles. The first-order valence-corrected chi connectivity index (χ1v) is 6.41. The van der Waals surface area contributed by atoms with Crippen LogP contribution < -0.4 is 17.0 Å². The van der Waals surface area contributed by atoms with Crippen molar-refractivity contribution in [2.75, 3.05) is 26.2 Å². The number of aromatic amines is 1. The summed E-state index contributed by atoms with van der Waals surface area (Å²) in [7, 11) is 0. The van der Waals surface area contributed by atoms with Crippen molar-refractivity contribution >= 4 is 24.3 Å². The normalized spacial score (nSPS) is 9.73. The maximum absolute atomic E-state index is 12.1. The minimum Gasteiger partial charge on any atom is -0.465 e. The van der Waals surface area contributed by atoms with Crippen LogP contribution in [0.1, 0.15) is 6.92 Å². The SMILES string of the molecule is CCOC(=O)CN(CCN)C(=O)Cn1ccc(=O)[nH]c1=O.Cl. The molecule has 0 atom stereocenters. The van der Waals surface area contributed by atoms with Crippen LogP contribution >= 0.6 is 12.4 Å². The molecule has 0 unspecified atom stereocenters. The van der Waals surface area contributed by atoms with E-state index in [1.807, 2.05) is 4.98 Å². The third-order valence-corrected chi connectivity index (χ3v) is 2.58. The average Bonchev–Trinajstić information content (AvgIpc) is 2.41. The number of nitrogens with two attached hydrogens (primary N) is 1. The zero-order valence-corrected chi connectivity index (χ0v) is 12.9. The van der Waals surface area contributed by atoms with Crippen molar-refractivity contribution in [1.29, 1.82) is 0 Å². The van der Waals surface area contributed by atoms with Crippen LogP contribution in [0.5, 0.6) is 0 Å². The van der Waals surface area contributed by atoms with Crippen LogP contribution in [-0.2, 0) is 20.9 Å². The number of nitrogens with one attached hydrogen (secondary N) is 1. The van der Waals surface area contributed by atoms with Crippen LogP contribution in [0.25, 0.3) is 0 Å². The zero-order valence-electron chi connectivity index (χ0n) is 12.1. The Bertz CT molecular complexity index is 612. The summed E-state index contributed by atoms with van der Waals surface area (Å²) in [4.78, 5) is 49.2. The van der Waals surface area contributed by atoms with Crippen molar-refractivity contribution in [3.8, 4) is 0 Å². The van der Waals surface area contributed by atoms with E-state index in [-0.39, 0.29) is 45.2 Å². The Hall–Kier alpha value is -2.13. The maximum Gasteiger partial charge on any atom is 0.328 e. The Morgan fingerprint density at radius 2 is 2.09 bits per heavy atom. The number of amides is 1. The minimum atomic E-state index is -0.695. The molecule has 1 amide bonds. The quantitative estimate of drug-likeness (QED) is 0.573. The number of esters is 1. The van der Waals surface area contributed by atoms with Crippen LogP contribution in [-0.4, -0.2) is 52.6 Å². The fourth-order valence-corrected chi connectivity index (χ4v) is 1.62. The number of ether oxygens (including phenoxy) is 1. The smallest absolute Gasteiger partial charge is 0.328 e. The van der Waals surface area contributed by atoms with Gasteiger partial charge in [0.2, 0.25) is 5.91 Å². The predicted molar refractivity (Wildman–Crippen MR) is 80.8 cm³/mol. The Morgan fingerprint density at radius 1 is 1.41 bits per heavy atom. The molecule has 10 heteroatoms. The van der Waals surface area contributed by atoms with Gasteiger partial charge in [-0.05, 0) is 6.92 Å². The van der Waals surface area contributed by atoms with Crippen molar-refractivity contribution in [2.45, 2.75) is 13.5 Å². The van der Waals surface area contributed by atoms with E-state index in [0.717, 1.165) is 10.6 Å². The van der Waals surface area contributed by atoms with E-state index in [1.54, 1.807) is 6.92 Å². The Labute approximate surface area is 132 Å². The molecule has 0 aliphatic heterocycles. The molecule has 1 aromatic heterocycles. The molecule has 9 nitrogen and oxygen atoms in total. The molecule has 124 valence electrons. The van der Waals surface area contributed by atoms with Gasteiger partial charge >= 0.3 is 11.7 Å². The second-order valence-corrected chi connectivity index (χ2v) is 4.15. The van der Waals surface area contributed by atoms with Gasteiger partial charge in [-0.2, -0.15) is 0 Å². The number of hydrogen-bond acceptors (Lipinski definition) is 6. The number of nitrogens with zero attached hydrogens (tertiary/aromatic N) is 2. The molecule has 0 aliphatic carbocycles. The molecule has 0 aliphatic rings. The zero-order chi connectivity index (χ0) is 15.8. The first-order chi connectivity index (χ1) is 9.97. The number of H-pyrrole nitrogens is 1. The molecule has 1 rings (SSSR count). The van der Waals surface area contributed by atoms with E-state index in [2.05, 4.69) is 0 Å². The molecule has 0 fully saturated rings. The third kappa shape index (κ3) is 6.10. The number of carbonyl (C=O) groups is 2. The number of halogens is 1. The summed E-state index contributed by atoms with van der Waals surface area (Å²) < 4.78 is 5.81. The molecular formula is C12H19ClN4O5. The lowest BCUT2D eigenvalue weighted by molar-refractivity contribution is -0.149. The van der Waals surface area contributed by atoms with Crippen LogP contribution in [0, 0.1) is 0 Å². The molecule has 1 heterocycles. The predicted octanol–water partition coefficient (Wildman–Crippen LogP) is -1.69. The average molecular weight is 335 g/mol. The van der Waals surface area contributed by atoms with Gasteiger partial charge in [-0.25, -0.2) is 4.79 Å². The standard InChI is InChI=1S/C12H18N4O5.ClH/c1-2-21-11(19)8-15(6-4-13)10(18)7-16-5-3-9(17)14-12(16)20;/h3,5H,2,4,6-8,13H2,1H3,(H,14,17,20);1H. The molecule has 3 N–H and O–H groups in total. The molecule has 0 radical (unpaired) electrons. The fourth-order valence-electron chi connectivity index (χ4n) is 1.62. The number of rotatable bonds is 7. The van der Waals surface area contributed by atoms with E-state index >= 15 is 0 Å². The largest absolute Gasteiger partial charge is 0.465 e. The Morgan fingerprint density at radius 3 is 2.64 bits per heavy atom. The topological polar surface area (TPSA) is 127 Å². The van der Waals surface area contributed by atoms with Gasteiger partial charge in [-0.3, -0.25) is 23.9 Å². The highest BCUT2D eigenvalue weighted by Gasteiger charge is 2.18. The van der Waals surface area contributed by atoms with Gasteiger partial charge in [-0.15, -0.1) is 12.4 Å². The van der Waals surface area contributed by atoms with Crippen molar-refractivity contribution in [3.63, 3.8) is 0 Å². The van der Waals surface area contributed by atoms with Gasteiger partial charge in [0.15, 0.2) is 0 Å². The van der Waals surface area contributed by atoms with Crippen LogP contribution in [0.2, 0.25) is 0 Å². The molecule has 0 spiro atoms. The van der Waals surface area contributed by atoms with E-state index in [0.29, 0.717) is 0 Å². The lowest BCUT2D eigenvalue weighted by Crippen LogP contribution is -2.43. The highest BCUT2D eigenvalue weighted by atomic mass is 35.5. The van der Waals surface area contributed by atoms with Gasteiger partial charge in [0.25, 0.3) is 5.56 Å². The summed E-state index contributed by atoms with van der Waals surface area (Å²) in [5.41, 5.74) is 4.16. The van der Waals surface area contributed by atoms with Crippen LogP contribution in [0.4, 0.5) is 0 Å². The van der Waals surface area contributed by atoms with E-state index in [9.17, 15) is 19.2 Å². The van der Waals surface area contributed by atoms with Crippen molar-refractivity contribution in [3.05, 3.63) is 33.1 Å². The second-order valence-electron chi connectivity index (χ2n) is 4.15. The van der Waals surface area contributed by atoms with Gasteiger partial charge in [0.1, 0.15) is 13.1 Å². The second kappa shape index (κ2) is 9.74. The van der Waals surface area contributed by atoms with Crippen molar-refractivity contribution in [1.82, 2.24) is 14.5 Å². The molecule has 22 heavy (non-hydrogen) atoms. The summed E-state index contributed by atoms with van der Waals surface area (Å²) in [5, 5.41) is 0.